The summed E-state index contributed by atoms with van der Waals surface area (Å²) in [6, 6.07) is 3.92. The maximum Gasteiger partial charge on any atom is 0.257 e. The molecule has 0 radical (unpaired) electrons. The second kappa shape index (κ2) is 5.44. The molecule has 19 heavy (non-hydrogen) atoms. The third-order valence-corrected chi connectivity index (χ3v) is 2.92. The minimum Gasteiger partial charge on any atom is -0.317 e. The lowest BCUT2D eigenvalue weighted by molar-refractivity contribution is 0.102. The molecule has 1 aromatic heterocycles. The van der Waals surface area contributed by atoms with Gasteiger partial charge in [0.25, 0.3) is 5.91 Å². The fraction of sp³-hybridized carbons (Fsp3) is 0.0769. The molecule has 0 fully saturated rings. The van der Waals surface area contributed by atoms with E-state index in [2.05, 4.69) is 26.2 Å². The number of pyridine rings is 1. The number of rotatable bonds is 2. The van der Waals surface area contributed by atoms with Crippen LogP contribution < -0.4 is 5.32 Å². The quantitative estimate of drug-likeness (QED) is 0.914. The van der Waals surface area contributed by atoms with Crippen LogP contribution in [0.4, 0.5) is 14.5 Å². The molecule has 1 heterocycles. The first-order chi connectivity index (χ1) is 8.99. The van der Waals surface area contributed by atoms with Crippen LogP contribution in [0.25, 0.3) is 0 Å². The fourth-order valence-corrected chi connectivity index (χ4v) is 1.86. The molecule has 1 N–H and O–H groups in total. The highest BCUT2D eigenvalue weighted by atomic mass is 79.9. The number of carbonyl (C=O) groups excluding carboxylic acids is 1. The Morgan fingerprint density at radius 3 is 2.74 bits per heavy atom. The van der Waals surface area contributed by atoms with Crippen LogP contribution in [0.3, 0.4) is 0 Å². The zero-order valence-corrected chi connectivity index (χ0v) is 11.5. The van der Waals surface area contributed by atoms with Gasteiger partial charge >= 0.3 is 0 Å². The third kappa shape index (κ3) is 2.96. The standard InChI is InChI=1S/C13H9BrF2N2O/c1-7-2-3-10(15)12(11(7)16)18-13(19)8-4-9(14)6-17-5-8/h2-6H,1H3,(H,18,19). The Kier molecular flexibility index (Phi) is 3.90. The second-order valence-electron chi connectivity index (χ2n) is 3.90. The lowest BCUT2D eigenvalue weighted by Crippen LogP contribution is -2.15. The molecule has 2 aromatic rings. The first-order valence-electron chi connectivity index (χ1n) is 5.35. The zero-order valence-electron chi connectivity index (χ0n) is 9.88. The molecule has 0 aliphatic rings. The van der Waals surface area contributed by atoms with E-state index in [1.165, 1.54) is 31.5 Å². The maximum atomic E-state index is 13.7. The molecule has 6 heteroatoms. The number of hydrogen-bond donors (Lipinski definition) is 1. The lowest BCUT2D eigenvalue weighted by Gasteiger charge is -2.09. The molecule has 98 valence electrons. The minimum absolute atomic E-state index is 0.203. The largest absolute Gasteiger partial charge is 0.317 e. The van der Waals surface area contributed by atoms with Crippen molar-refractivity contribution in [3.05, 3.63) is 57.8 Å². The number of benzene rings is 1. The van der Waals surface area contributed by atoms with Crippen molar-refractivity contribution < 1.29 is 13.6 Å². The Balaban J connectivity index is 2.32. The van der Waals surface area contributed by atoms with E-state index < -0.39 is 23.2 Å². The van der Waals surface area contributed by atoms with Gasteiger partial charge in [-0.25, -0.2) is 8.78 Å². The Morgan fingerprint density at radius 2 is 2.05 bits per heavy atom. The molecule has 2 rings (SSSR count). The van der Waals surface area contributed by atoms with Crippen molar-refractivity contribution in [2.75, 3.05) is 5.32 Å². The number of carbonyl (C=O) groups is 1. The van der Waals surface area contributed by atoms with E-state index in [4.69, 9.17) is 0 Å². The monoisotopic (exact) mass is 326 g/mol. The number of anilines is 1. The maximum absolute atomic E-state index is 13.7. The summed E-state index contributed by atoms with van der Waals surface area (Å²) in [5, 5.41) is 2.21. The topological polar surface area (TPSA) is 42.0 Å². The summed E-state index contributed by atoms with van der Waals surface area (Å²) in [4.78, 5) is 15.7. The molecule has 0 spiro atoms. The normalized spacial score (nSPS) is 10.3. The van der Waals surface area contributed by atoms with E-state index in [1.54, 1.807) is 0 Å². The van der Waals surface area contributed by atoms with Gasteiger partial charge in [-0.15, -0.1) is 0 Å². The average Bonchev–Trinajstić information content (AvgIpc) is 2.39. The Morgan fingerprint density at radius 1 is 1.32 bits per heavy atom. The molecule has 3 nitrogen and oxygen atoms in total. The van der Waals surface area contributed by atoms with Crippen molar-refractivity contribution in [3.8, 4) is 0 Å². The van der Waals surface area contributed by atoms with Crippen LogP contribution in [0.1, 0.15) is 15.9 Å². The van der Waals surface area contributed by atoms with Gasteiger partial charge in [0.15, 0.2) is 5.82 Å². The number of amides is 1. The number of nitrogens with zero attached hydrogens (tertiary/aromatic N) is 1. The molecule has 1 aromatic carbocycles. The summed E-state index contributed by atoms with van der Waals surface area (Å²) in [5.41, 5.74) is 0.00345. The number of halogens is 3. The highest BCUT2D eigenvalue weighted by molar-refractivity contribution is 9.10. The number of aromatic nitrogens is 1. The van der Waals surface area contributed by atoms with Gasteiger partial charge in [-0.3, -0.25) is 9.78 Å². The van der Waals surface area contributed by atoms with Crippen molar-refractivity contribution in [2.45, 2.75) is 6.92 Å². The Hall–Kier alpha value is -1.82. The molecule has 0 atom stereocenters. The van der Waals surface area contributed by atoms with Gasteiger partial charge in [-0.2, -0.15) is 0 Å². The van der Waals surface area contributed by atoms with Crippen molar-refractivity contribution in [2.24, 2.45) is 0 Å². The van der Waals surface area contributed by atoms with E-state index in [9.17, 15) is 13.6 Å². The Bertz CT molecular complexity index is 647. The van der Waals surface area contributed by atoms with Crippen LogP contribution in [-0.4, -0.2) is 10.9 Å². The molecule has 0 bridgehead atoms. The van der Waals surface area contributed by atoms with Gasteiger partial charge in [0.2, 0.25) is 0 Å². The SMILES string of the molecule is Cc1ccc(F)c(NC(=O)c2cncc(Br)c2)c1F. The molecule has 0 saturated carbocycles. The smallest absolute Gasteiger partial charge is 0.257 e. The molecule has 0 aliphatic heterocycles. The van der Waals surface area contributed by atoms with E-state index in [0.717, 1.165) is 6.07 Å². The molecular weight excluding hydrogens is 318 g/mol. The second-order valence-corrected chi connectivity index (χ2v) is 4.81. The van der Waals surface area contributed by atoms with Crippen LogP contribution >= 0.6 is 15.9 Å². The van der Waals surface area contributed by atoms with Crippen LogP contribution in [-0.2, 0) is 0 Å². The minimum atomic E-state index is -0.820. The van der Waals surface area contributed by atoms with Crippen LogP contribution in [0.2, 0.25) is 0 Å². The predicted molar refractivity (Wildman–Crippen MR) is 71.0 cm³/mol. The van der Waals surface area contributed by atoms with Gasteiger partial charge in [-0.05, 0) is 40.5 Å². The molecule has 1 amide bonds. The summed E-state index contributed by atoms with van der Waals surface area (Å²) in [6.07, 6.45) is 2.82. The number of aryl methyl sites for hydroxylation is 1. The van der Waals surface area contributed by atoms with Crippen molar-refractivity contribution in [3.63, 3.8) is 0 Å². The van der Waals surface area contributed by atoms with E-state index in [-0.39, 0.29) is 11.1 Å². The van der Waals surface area contributed by atoms with Crippen LogP contribution in [0, 0.1) is 18.6 Å². The zero-order chi connectivity index (χ0) is 14.0. The number of hydrogen-bond acceptors (Lipinski definition) is 2. The summed E-state index contributed by atoms with van der Waals surface area (Å²) < 4.78 is 27.8. The van der Waals surface area contributed by atoms with Crippen molar-refractivity contribution in [1.29, 1.82) is 0 Å². The van der Waals surface area contributed by atoms with E-state index >= 15 is 0 Å². The van der Waals surface area contributed by atoms with Crippen molar-refractivity contribution in [1.82, 2.24) is 4.98 Å². The van der Waals surface area contributed by atoms with Gasteiger partial charge < -0.3 is 5.32 Å². The number of nitrogens with one attached hydrogen (secondary N) is 1. The van der Waals surface area contributed by atoms with Crippen LogP contribution in [0.15, 0.2) is 35.1 Å². The van der Waals surface area contributed by atoms with Gasteiger partial charge in [0.1, 0.15) is 11.5 Å². The first kappa shape index (κ1) is 13.6. The first-order valence-corrected chi connectivity index (χ1v) is 6.15. The van der Waals surface area contributed by atoms with Gasteiger partial charge in [0.05, 0.1) is 5.56 Å². The van der Waals surface area contributed by atoms with Crippen molar-refractivity contribution >= 4 is 27.5 Å². The summed E-state index contributed by atoms with van der Waals surface area (Å²) in [6.45, 7) is 1.49. The predicted octanol–water partition coefficient (Wildman–Crippen LogP) is 3.68. The lowest BCUT2D eigenvalue weighted by atomic mass is 10.2. The van der Waals surface area contributed by atoms with Gasteiger partial charge in [-0.1, -0.05) is 6.07 Å². The third-order valence-electron chi connectivity index (χ3n) is 2.49. The van der Waals surface area contributed by atoms with Gasteiger partial charge in [0, 0.05) is 16.9 Å². The molecular formula is C13H9BrF2N2O. The summed E-state index contributed by atoms with van der Waals surface area (Å²) in [5.74, 6) is -2.23. The Labute approximate surface area is 116 Å². The molecule has 0 saturated heterocycles. The highest BCUT2D eigenvalue weighted by Gasteiger charge is 2.15. The van der Waals surface area contributed by atoms with E-state index in [0.29, 0.717) is 4.47 Å². The average molecular weight is 327 g/mol. The van der Waals surface area contributed by atoms with Crippen LogP contribution in [0.5, 0.6) is 0 Å². The van der Waals surface area contributed by atoms with E-state index in [1.807, 2.05) is 0 Å². The molecule has 0 unspecified atom stereocenters. The molecule has 0 aliphatic carbocycles. The summed E-state index contributed by atoms with van der Waals surface area (Å²) in [7, 11) is 0. The fourth-order valence-electron chi connectivity index (χ4n) is 1.49. The highest BCUT2D eigenvalue weighted by Crippen LogP contribution is 2.22. The summed E-state index contributed by atoms with van der Waals surface area (Å²) >= 11 is 3.17.